The Kier molecular flexibility index (Phi) is 6.31. The van der Waals surface area contributed by atoms with E-state index in [1.54, 1.807) is 0 Å². The summed E-state index contributed by atoms with van der Waals surface area (Å²) >= 11 is 3.61. The second kappa shape index (κ2) is 7.78. The van der Waals surface area contributed by atoms with Crippen LogP contribution in [0.2, 0.25) is 0 Å². The van der Waals surface area contributed by atoms with Crippen LogP contribution in [0.25, 0.3) is 0 Å². The normalized spacial score (nSPS) is 19.1. The van der Waals surface area contributed by atoms with Gasteiger partial charge in [-0.2, -0.15) is 0 Å². The Hall–Kier alpha value is -0.340. The fraction of sp³-hybridized carbons (Fsp3) is 0.684. The van der Waals surface area contributed by atoms with E-state index in [0.717, 1.165) is 18.9 Å². The molecule has 0 heterocycles. The van der Waals surface area contributed by atoms with E-state index in [1.165, 1.54) is 42.1 Å². The molecule has 1 aromatic rings. The van der Waals surface area contributed by atoms with Crippen LogP contribution in [0.1, 0.15) is 58.4 Å². The predicted molar refractivity (Wildman–Crippen MR) is 95.7 cm³/mol. The molecule has 0 aromatic heterocycles. The summed E-state index contributed by atoms with van der Waals surface area (Å²) in [4.78, 5) is 0. The molecule has 1 N–H and O–H groups in total. The van der Waals surface area contributed by atoms with Gasteiger partial charge in [-0.1, -0.05) is 61.7 Å². The highest BCUT2D eigenvalue weighted by molar-refractivity contribution is 9.10. The average molecular weight is 352 g/mol. The molecule has 118 valence electrons. The van der Waals surface area contributed by atoms with Gasteiger partial charge in [0.1, 0.15) is 0 Å². The second-order valence-corrected chi connectivity index (χ2v) is 8.03. The lowest BCUT2D eigenvalue weighted by Crippen LogP contribution is -2.46. The first-order valence-electron chi connectivity index (χ1n) is 8.53. The van der Waals surface area contributed by atoms with Crippen molar-refractivity contribution in [3.8, 4) is 0 Å². The molecule has 21 heavy (non-hydrogen) atoms. The maximum atomic E-state index is 3.82. The van der Waals surface area contributed by atoms with E-state index in [-0.39, 0.29) is 0 Å². The first kappa shape index (κ1) is 17.0. The highest BCUT2D eigenvalue weighted by Crippen LogP contribution is 2.46. The maximum Gasteiger partial charge on any atom is 0.0178 e. The summed E-state index contributed by atoms with van der Waals surface area (Å²) in [6.45, 7) is 8.06. The van der Waals surface area contributed by atoms with Gasteiger partial charge >= 0.3 is 0 Å². The molecule has 2 heteroatoms. The second-order valence-electron chi connectivity index (χ2n) is 7.11. The minimum absolute atomic E-state index is 0.506. The Morgan fingerprint density at radius 1 is 1.24 bits per heavy atom. The predicted octanol–water partition coefficient (Wildman–Crippen LogP) is 5.58. The van der Waals surface area contributed by atoms with Gasteiger partial charge in [-0.25, -0.2) is 0 Å². The van der Waals surface area contributed by atoms with Crippen molar-refractivity contribution in [2.45, 2.75) is 65.3 Å². The van der Waals surface area contributed by atoms with Crippen LogP contribution in [-0.4, -0.2) is 12.6 Å². The molecule has 1 aliphatic carbocycles. The van der Waals surface area contributed by atoms with Gasteiger partial charge in [-0.15, -0.1) is 0 Å². The van der Waals surface area contributed by atoms with E-state index in [4.69, 9.17) is 0 Å². The summed E-state index contributed by atoms with van der Waals surface area (Å²) in [6, 6.07) is 9.44. The first-order chi connectivity index (χ1) is 10.1. The Balaban J connectivity index is 2.19. The first-order valence-corrected chi connectivity index (χ1v) is 9.33. The molecule has 1 aromatic carbocycles. The van der Waals surface area contributed by atoms with Crippen molar-refractivity contribution in [3.05, 3.63) is 34.3 Å². The number of halogens is 1. The Morgan fingerprint density at radius 3 is 2.52 bits per heavy atom. The third kappa shape index (κ3) is 4.56. The summed E-state index contributed by atoms with van der Waals surface area (Å²) in [7, 11) is 0. The van der Waals surface area contributed by atoms with Crippen molar-refractivity contribution in [2.75, 3.05) is 6.54 Å². The highest BCUT2D eigenvalue weighted by Gasteiger charge is 2.41. The van der Waals surface area contributed by atoms with Crippen LogP contribution in [0.5, 0.6) is 0 Å². The van der Waals surface area contributed by atoms with E-state index in [9.17, 15) is 0 Å². The van der Waals surface area contributed by atoms with Gasteiger partial charge in [0, 0.05) is 10.5 Å². The summed E-state index contributed by atoms with van der Waals surface area (Å²) in [5, 5.41) is 3.82. The fourth-order valence-corrected chi connectivity index (χ4v) is 4.68. The number of rotatable bonds is 7. The van der Waals surface area contributed by atoms with Crippen LogP contribution in [-0.2, 0) is 6.42 Å². The molecular formula is C19H30BrN. The molecule has 0 radical (unpaired) electrons. The minimum atomic E-state index is 0.506. The van der Waals surface area contributed by atoms with Gasteiger partial charge in [0.05, 0.1) is 0 Å². The van der Waals surface area contributed by atoms with Crippen molar-refractivity contribution in [1.29, 1.82) is 0 Å². The van der Waals surface area contributed by atoms with Gasteiger partial charge in [0.25, 0.3) is 0 Å². The smallest absolute Gasteiger partial charge is 0.0178 e. The molecule has 0 bridgehead atoms. The lowest BCUT2D eigenvalue weighted by molar-refractivity contribution is 0.155. The van der Waals surface area contributed by atoms with E-state index < -0.39 is 0 Å². The third-order valence-corrected chi connectivity index (χ3v) is 5.43. The van der Waals surface area contributed by atoms with Crippen molar-refractivity contribution < 1.29 is 0 Å². The maximum absolute atomic E-state index is 3.82. The minimum Gasteiger partial charge on any atom is -0.313 e. The zero-order valence-corrected chi connectivity index (χ0v) is 15.4. The summed E-state index contributed by atoms with van der Waals surface area (Å²) < 4.78 is 1.19. The van der Waals surface area contributed by atoms with E-state index in [0.29, 0.717) is 11.5 Å². The van der Waals surface area contributed by atoms with Gasteiger partial charge in [0.15, 0.2) is 0 Å². The van der Waals surface area contributed by atoms with Gasteiger partial charge < -0.3 is 5.32 Å². The van der Waals surface area contributed by atoms with Crippen LogP contribution in [0, 0.1) is 11.3 Å². The SMILES string of the molecule is CCNC(Cc1cccc(Br)c1)C1(CC(C)C)CCCC1. The molecule has 1 atom stereocenters. The van der Waals surface area contributed by atoms with E-state index in [2.05, 4.69) is 66.3 Å². The van der Waals surface area contributed by atoms with E-state index in [1.807, 2.05) is 0 Å². The zero-order valence-electron chi connectivity index (χ0n) is 13.8. The Bertz CT molecular complexity index is 435. The fourth-order valence-electron chi connectivity index (χ4n) is 4.24. The van der Waals surface area contributed by atoms with Crippen LogP contribution < -0.4 is 5.32 Å². The standard InChI is InChI=1S/C19H30BrN/c1-4-21-18(13-16-8-7-9-17(20)12-16)19(14-15(2)3)10-5-6-11-19/h7-9,12,15,18,21H,4-6,10-11,13-14H2,1-3H3. The number of hydrogen-bond donors (Lipinski definition) is 1. The lowest BCUT2D eigenvalue weighted by Gasteiger charge is -2.40. The number of benzene rings is 1. The third-order valence-electron chi connectivity index (χ3n) is 4.93. The molecule has 1 aliphatic rings. The lowest BCUT2D eigenvalue weighted by atomic mass is 9.71. The number of likely N-dealkylation sites (N-methyl/N-ethyl adjacent to an activating group) is 1. The average Bonchev–Trinajstić information content (AvgIpc) is 2.87. The zero-order chi connectivity index (χ0) is 15.3. The molecule has 1 nitrogen and oxygen atoms in total. The molecule has 1 fully saturated rings. The van der Waals surface area contributed by atoms with Crippen molar-refractivity contribution in [2.24, 2.45) is 11.3 Å². The highest BCUT2D eigenvalue weighted by atomic mass is 79.9. The molecule has 2 rings (SSSR count). The van der Waals surface area contributed by atoms with Crippen molar-refractivity contribution in [3.63, 3.8) is 0 Å². The quantitative estimate of drug-likeness (QED) is 0.676. The monoisotopic (exact) mass is 351 g/mol. The molecule has 1 unspecified atom stereocenters. The van der Waals surface area contributed by atoms with Gasteiger partial charge in [-0.05, 0) is 61.3 Å². The van der Waals surface area contributed by atoms with Crippen molar-refractivity contribution in [1.82, 2.24) is 5.32 Å². The summed E-state index contributed by atoms with van der Waals surface area (Å²) in [5.41, 5.74) is 1.96. The van der Waals surface area contributed by atoms with Gasteiger partial charge in [0.2, 0.25) is 0 Å². The molecule has 0 saturated heterocycles. The molecule has 0 amide bonds. The van der Waals surface area contributed by atoms with Crippen molar-refractivity contribution >= 4 is 15.9 Å². The number of nitrogens with one attached hydrogen (secondary N) is 1. The van der Waals surface area contributed by atoms with Crippen LogP contribution in [0.3, 0.4) is 0 Å². The van der Waals surface area contributed by atoms with Gasteiger partial charge in [-0.3, -0.25) is 0 Å². The molecule has 0 spiro atoms. The summed E-state index contributed by atoms with van der Waals surface area (Å²) in [5.74, 6) is 0.784. The van der Waals surface area contributed by atoms with Crippen LogP contribution in [0.15, 0.2) is 28.7 Å². The van der Waals surface area contributed by atoms with Crippen LogP contribution >= 0.6 is 15.9 Å². The van der Waals surface area contributed by atoms with Crippen LogP contribution in [0.4, 0.5) is 0 Å². The molecule has 0 aliphatic heterocycles. The van der Waals surface area contributed by atoms with E-state index >= 15 is 0 Å². The summed E-state index contributed by atoms with van der Waals surface area (Å²) in [6.07, 6.45) is 8.13. The molecule has 1 saturated carbocycles. The largest absolute Gasteiger partial charge is 0.313 e. The topological polar surface area (TPSA) is 12.0 Å². The molecular weight excluding hydrogens is 322 g/mol. The Morgan fingerprint density at radius 2 is 1.95 bits per heavy atom. The Labute approximate surface area is 139 Å². The number of hydrogen-bond acceptors (Lipinski definition) is 1.